The second-order valence-corrected chi connectivity index (χ2v) is 9.39. The van der Waals surface area contributed by atoms with Crippen LogP contribution in [0.2, 0.25) is 5.02 Å². The summed E-state index contributed by atoms with van der Waals surface area (Å²) in [5.41, 5.74) is 6.09. The van der Waals surface area contributed by atoms with Crippen molar-refractivity contribution in [2.75, 3.05) is 31.2 Å². The molecule has 1 aliphatic carbocycles. The highest BCUT2D eigenvalue weighted by molar-refractivity contribution is 6.30. The molecule has 6 nitrogen and oxygen atoms in total. The fourth-order valence-corrected chi connectivity index (χ4v) is 4.76. The van der Waals surface area contributed by atoms with Gasteiger partial charge in [0, 0.05) is 42.4 Å². The number of rotatable bonds is 6. The van der Waals surface area contributed by atoms with Crippen LogP contribution in [0.4, 0.5) is 5.69 Å². The first-order valence-corrected chi connectivity index (χ1v) is 12.0. The third-order valence-corrected chi connectivity index (χ3v) is 6.30. The van der Waals surface area contributed by atoms with Crippen LogP contribution in [0.3, 0.4) is 0 Å². The van der Waals surface area contributed by atoms with Crippen LogP contribution in [-0.2, 0) is 17.7 Å². The minimum Gasteiger partial charge on any atom is -0.491 e. The van der Waals surface area contributed by atoms with Gasteiger partial charge in [0.1, 0.15) is 5.75 Å². The molecule has 7 heteroatoms. The lowest BCUT2D eigenvalue weighted by molar-refractivity contribution is 0.122. The van der Waals surface area contributed by atoms with Gasteiger partial charge in [0.05, 0.1) is 43.4 Å². The molecule has 3 heterocycles. The van der Waals surface area contributed by atoms with E-state index in [-0.39, 0.29) is 11.7 Å². The summed E-state index contributed by atoms with van der Waals surface area (Å²) in [5, 5.41) is 0.592. The molecule has 1 aromatic carbocycles. The van der Waals surface area contributed by atoms with Crippen molar-refractivity contribution < 1.29 is 9.47 Å². The third-order valence-electron chi connectivity index (χ3n) is 6.08. The highest BCUT2D eigenvalue weighted by Crippen LogP contribution is 2.33. The lowest BCUT2D eigenvalue weighted by Crippen LogP contribution is -2.36. The van der Waals surface area contributed by atoms with Crippen molar-refractivity contribution in [3.8, 4) is 5.75 Å². The number of pyridine rings is 2. The molecule has 5 rings (SSSR count). The summed E-state index contributed by atoms with van der Waals surface area (Å²) in [6.45, 7) is 7.56. The second kappa shape index (κ2) is 9.65. The summed E-state index contributed by atoms with van der Waals surface area (Å²) in [6, 6.07) is 11.5. The molecular formula is C27H28ClN3O3. The van der Waals surface area contributed by atoms with Gasteiger partial charge in [-0.2, -0.15) is 0 Å². The Morgan fingerprint density at radius 1 is 1.15 bits per heavy atom. The van der Waals surface area contributed by atoms with E-state index in [1.807, 2.05) is 44.4 Å². The number of hydrogen-bond donors (Lipinski definition) is 0. The number of ether oxygens (including phenoxy) is 2. The van der Waals surface area contributed by atoms with Gasteiger partial charge in [-0.05, 0) is 60.9 Å². The standard InChI is InChI=1S/C27H28ClN3O3/c1-18(2)34-23-12-19(11-21(28)14-23)17-31-6-5-20(13-27(31)32)24-3-4-26-25(24)15-22(16-29-26)30-7-9-33-10-8-30/h3,5-6,11-16,18H,4,7-10,17H2,1-2H3. The van der Waals surface area contributed by atoms with Crippen LogP contribution in [0.5, 0.6) is 5.75 Å². The molecule has 0 atom stereocenters. The average molecular weight is 478 g/mol. The van der Waals surface area contributed by atoms with Crippen LogP contribution in [0.25, 0.3) is 5.57 Å². The number of anilines is 1. The highest BCUT2D eigenvalue weighted by Gasteiger charge is 2.20. The number of aromatic nitrogens is 2. The molecule has 0 radical (unpaired) electrons. The molecule has 0 saturated carbocycles. The first-order valence-electron chi connectivity index (χ1n) is 11.7. The van der Waals surface area contributed by atoms with Crippen LogP contribution < -0.4 is 15.2 Å². The van der Waals surface area contributed by atoms with Gasteiger partial charge in [-0.25, -0.2) is 0 Å². The van der Waals surface area contributed by atoms with E-state index in [0.29, 0.717) is 17.3 Å². The van der Waals surface area contributed by atoms with E-state index in [2.05, 4.69) is 17.0 Å². The van der Waals surface area contributed by atoms with E-state index < -0.39 is 0 Å². The summed E-state index contributed by atoms with van der Waals surface area (Å²) in [4.78, 5) is 20.0. The Labute approximate surface area is 204 Å². The predicted molar refractivity (Wildman–Crippen MR) is 135 cm³/mol. The average Bonchev–Trinajstić information content (AvgIpc) is 3.23. The number of allylic oxidation sites excluding steroid dienone is 1. The number of morpholine rings is 1. The molecule has 0 N–H and O–H groups in total. The Kier molecular flexibility index (Phi) is 6.44. The van der Waals surface area contributed by atoms with Crippen molar-refractivity contribution in [2.45, 2.75) is 32.9 Å². The van der Waals surface area contributed by atoms with Gasteiger partial charge in [-0.3, -0.25) is 9.78 Å². The zero-order chi connectivity index (χ0) is 23.7. The SMILES string of the molecule is CC(C)Oc1cc(Cl)cc(Cn2ccc(C3=CCc4ncc(N5CCOCC5)cc43)cc2=O)c1. The number of hydrogen-bond acceptors (Lipinski definition) is 5. The molecule has 34 heavy (non-hydrogen) atoms. The van der Waals surface area contributed by atoms with Crippen molar-refractivity contribution in [2.24, 2.45) is 0 Å². The first-order chi connectivity index (χ1) is 16.5. The molecule has 0 bridgehead atoms. The topological polar surface area (TPSA) is 56.6 Å². The molecule has 0 amide bonds. The number of fused-ring (bicyclic) bond motifs is 1. The maximum atomic E-state index is 13.0. The summed E-state index contributed by atoms with van der Waals surface area (Å²) in [6.07, 6.45) is 6.78. The zero-order valence-corrected chi connectivity index (χ0v) is 20.2. The van der Waals surface area contributed by atoms with E-state index >= 15 is 0 Å². The minimum atomic E-state index is -0.0598. The lowest BCUT2D eigenvalue weighted by atomic mass is 10.0. The Morgan fingerprint density at radius 3 is 2.74 bits per heavy atom. The van der Waals surface area contributed by atoms with Gasteiger partial charge >= 0.3 is 0 Å². The normalized spacial score (nSPS) is 15.4. The van der Waals surface area contributed by atoms with Gasteiger partial charge < -0.3 is 18.9 Å². The van der Waals surface area contributed by atoms with Gasteiger partial charge in [-0.1, -0.05) is 17.7 Å². The lowest BCUT2D eigenvalue weighted by Gasteiger charge is -2.29. The minimum absolute atomic E-state index is 0.0501. The maximum Gasteiger partial charge on any atom is 0.251 e. The van der Waals surface area contributed by atoms with Crippen LogP contribution in [0, 0.1) is 0 Å². The Morgan fingerprint density at radius 2 is 1.97 bits per heavy atom. The predicted octanol–water partition coefficient (Wildman–Crippen LogP) is 4.56. The summed E-state index contributed by atoms with van der Waals surface area (Å²) < 4.78 is 12.9. The zero-order valence-electron chi connectivity index (χ0n) is 19.5. The van der Waals surface area contributed by atoms with Crippen LogP contribution in [0.1, 0.15) is 36.2 Å². The smallest absolute Gasteiger partial charge is 0.251 e. The van der Waals surface area contributed by atoms with Crippen molar-refractivity contribution >= 4 is 22.9 Å². The Hall–Kier alpha value is -3.09. The van der Waals surface area contributed by atoms with Crippen molar-refractivity contribution in [3.63, 3.8) is 0 Å². The van der Waals surface area contributed by atoms with Gasteiger partial charge in [0.15, 0.2) is 0 Å². The summed E-state index contributed by atoms with van der Waals surface area (Å²) in [7, 11) is 0. The molecular weight excluding hydrogens is 450 g/mol. The van der Waals surface area contributed by atoms with Crippen molar-refractivity contribution in [1.82, 2.24) is 9.55 Å². The molecule has 176 valence electrons. The number of halogens is 1. The fraction of sp³-hybridized carbons (Fsp3) is 0.333. The number of benzene rings is 1. The van der Waals surface area contributed by atoms with Crippen molar-refractivity contribution in [1.29, 1.82) is 0 Å². The van der Waals surface area contributed by atoms with Crippen LogP contribution in [0.15, 0.2) is 59.7 Å². The number of nitrogens with zero attached hydrogens (tertiary/aromatic N) is 3. The van der Waals surface area contributed by atoms with Crippen molar-refractivity contribution in [3.05, 3.63) is 92.6 Å². The van der Waals surface area contributed by atoms with E-state index in [1.54, 1.807) is 16.7 Å². The van der Waals surface area contributed by atoms with E-state index in [9.17, 15) is 4.79 Å². The summed E-state index contributed by atoms with van der Waals surface area (Å²) in [5.74, 6) is 0.707. The largest absolute Gasteiger partial charge is 0.491 e. The molecule has 0 unspecified atom stereocenters. The Bertz CT molecular complexity index is 1290. The van der Waals surface area contributed by atoms with E-state index in [1.165, 1.54) is 0 Å². The first kappa shape index (κ1) is 22.7. The monoisotopic (exact) mass is 477 g/mol. The molecule has 2 aliphatic rings. The molecule has 1 fully saturated rings. The van der Waals surface area contributed by atoms with E-state index in [0.717, 1.165) is 66.4 Å². The maximum absolute atomic E-state index is 13.0. The molecule has 3 aromatic rings. The fourth-order valence-electron chi connectivity index (χ4n) is 4.51. The molecule has 1 aliphatic heterocycles. The van der Waals surface area contributed by atoms with Crippen LogP contribution in [-0.4, -0.2) is 42.0 Å². The second-order valence-electron chi connectivity index (χ2n) is 8.95. The van der Waals surface area contributed by atoms with Gasteiger partial charge in [-0.15, -0.1) is 0 Å². The van der Waals surface area contributed by atoms with Gasteiger partial charge in [0.25, 0.3) is 5.56 Å². The van der Waals surface area contributed by atoms with E-state index in [4.69, 9.17) is 26.1 Å². The van der Waals surface area contributed by atoms with Gasteiger partial charge in [0.2, 0.25) is 0 Å². The Balaban J connectivity index is 1.38. The molecule has 2 aromatic heterocycles. The third kappa shape index (κ3) is 4.88. The summed E-state index contributed by atoms with van der Waals surface area (Å²) >= 11 is 6.28. The highest BCUT2D eigenvalue weighted by atomic mass is 35.5. The molecule has 1 saturated heterocycles. The molecule has 0 spiro atoms. The quantitative estimate of drug-likeness (QED) is 0.521. The van der Waals surface area contributed by atoms with Crippen LogP contribution >= 0.6 is 11.6 Å².